The van der Waals surface area contributed by atoms with Crippen LogP contribution in [0.5, 0.6) is 5.75 Å². The number of hydrogen-bond acceptors (Lipinski definition) is 4. The average Bonchev–Trinajstić information content (AvgIpc) is 3.42. The molecular formula is C39H53NOS2. The zero-order valence-electron chi connectivity index (χ0n) is 26.5. The minimum absolute atomic E-state index is 0.407. The van der Waals surface area contributed by atoms with E-state index in [1.165, 1.54) is 92.2 Å². The lowest BCUT2D eigenvalue weighted by atomic mass is 9.44. The standard InChI is InChI=1S/C39H53NOS2/c1-27-8-7-13-39(21-27)26-38(11-5-6-12-38)22-36-34-16-30-14-29(18-35(41)19-30)15-32-9-3-4-10-33(32)23-40-28(2)24-42-43-25-31(17-34)20-37(36)39/h3-4,7,9-10,13-14,18-19,27-28,31,34,36-37,40-41H,5-6,8,11-12,15-17,20-26H2,1-2H3/t27-,28+,31-,34-,36-,37+,39+/m1/s1. The van der Waals surface area contributed by atoms with Gasteiger partial charge in [0.1, 0.15) is 5.75 Å². The summed E-state index contributed by atoms with van der Waals surface area (Å²) < 4.78 is 0. The highest BCUT2D eigenvalue weighted by Crippen LogP contribution is 2.66. The molecule has 0 aromatic heterocycles. The van der Waals surface area contributed by atoms with Crippen molar-refractivity contribution in [3.05, 3.63) is 76.9 Å². The van der Waals surface area contributed by atoms with Gasteiger partial charge in [0.05, 0.1) is 0 Å². The van der Waals surface area contributed by atoms with E-state index in [4.69, 9.17) is 0 Å². The smallest absolute Gasteiger partial charge is 0.116 e. The van der Waals surface area contributed by atoms with E-state index < -0.39 is 0 Å². The molecule has 5 aliphatic rings. The van der Waals surface area contributed by atoms with Gasteiger partial charge >= 0.3 is 0 Å². The highest BCUT2D eigenvalue weighted by Gasteiger charge is 2.57. The molecule has 2 nitrogen and oxygen atoms in total. The van der Waals surface area contributed by atoms with Crippen LogP contribution in [0.4, 0.5) is 0 Å². The molecule has 0 saturated heterocycles. The summed E-state index contributed by atoms with van der Waals surface area (Å²) in [5.74, 6) is 6.83. The van der Waals surface area contributed by atoms with Crippen molar-refractivity contribution in [1.29, 1.82) is 0 Å². The molecule has 4 heteroatoms. The van der Waals surface area contributed by atoms with Crippen LogP contribution in [0.1, 0.15) is 100 Å². The number of aromatic hydroxyl groups is 1. The van der Waals surface area contributed by atoms with Crippen molar-refractivity contribution >= 4 is 21.6 Å². The minimum Gasteiger partial charge on any atom is -0.508 e. The van der Waals surface area contributed by atoms with Gasteiger partial charge in [0.15, 0.2) is 0 Å². The van der Waals surface area contributed by atoms with Crippen molar-refractivity contribution in [2.45, 2.75) is 103 Å². The Hall–Kier alpha value is -1.36. The fraction of sp³-hybridized carbons (Fsp3) is 0.641. The molecule has 2 spiro atoms. The second kappa shape index (κ2) is 12.8. The van der Waals surface area contributed by atoms with Gasteiger partial charge in [0.25, 0.3) is 0 Å². The Kier molecular flexibility index (Phi) is 9.02. The molecule has 3 fully saturated rings. The molecule has 4 aliphatic carbocycles. The molecular weight excluding hydrogens is 563 g/mol. The molecule has 1 aliphatic heterocycles. The highest BCUT2D eigenvalue weighted by atomic mass is 33.1. The summed E-state index contributed by atoms with van der Waals surface area (Å²) in [6.07, 6.45) is 21.6. The zero-order valence-corrected chi connectivity index (χ0v) is 28.2. The van der Waals surface area contributed by atoms with Crippen LogP contribution in [0.3, 0.4) is 0 Å². The van der Waals surface area contributed by atoms with Gasteiger partial charge in [-0.1, -0.05) is 83.8 Å². The Morgan fingerprint density at radius 3 is 2.53 bits per heavy atom. The topological polar surface area (TPSA) is 32.3 Å². The number of phenols is 1. The second-order valence-corrected chi connectivity index (χ2v) is 18.2. The Morgan fingerprint density at radius 2 is 1.70 bits per heavy atom. The Balaban J connectivity index is 1.25. The lowest BCUT2D eigenvalue weighted by Gasteiger charge is -2.60. The van der Waals surface area contributed by atoms with E-state index in [1.54, 1.807) is 0 Å². The normalized spacial score (nSPS) is 36.1. The maximum Gasteiger partial charge on any atom is 0.116 e. The third-order valence-corrected chi connectivity index (χ3v) is 15.0. The molecule has 7 rings (SSSR count). The van der Waals surface area contributed by atoms with Gasteiger partial charge < -0.3 is 10.4 Å². The Labute approximate surface area is 269 Å². The van der Waals surface area contributed by atoms with E-state index in [2.05, 4.69) is 89.3 Å². The molecule has 7 atom stereocenters. The van der Waals surface area contributed by atoms with E-state index in [0.29, 0.717) is 28.5 Å². The van der Waals surface area contributed by atoms with Crippen molar-refractivity contribution in [2.24, 2.45) is 40.4 Å². The lowest BCUT2D eigenvalue weighted by Crippen LogP contribution is -2.52. The summed E-state index contributed by atoms with van der Waals surface area (Å²) in [5, 5.41) is 14.8. The van der Waals surface area contributed by atoms with E-state index in [-0.39, 0.29) is 0 Å². The molecule has 3 saturated carbocycles. The van der Waals surface area contributed by atoms with Crippen LogP contribution in [0.15, 0.2) is 54.6 Å². The van der Waals surface area contributed by atoms with E-state index in [9.17, 15) is 5.11 Å². The fourth-order valence-corrected chi connectivity index (χ4v) is 13.3. The first-order valence-corrected chi connectivity index (χ1v) is 19.9. The van der Waals surface area contributed by atoms with Crippen molar-refractivity contribution in [1.82, 2.24) is 5.32 Å². The summed E-state index contributed by atoms with van der Waals surface area (Å²) in [5.41, 5.74) is 6.35. The number of fused-ring (bicyclic) bond motifs is 8. The number of phenolic OH excluding ortho intramolecular Hbond substituents is 1. The molecule has 0 amide bonds. The van der Waals surface area contributed by atoms with E-state index in [1.807, 2.05) is 6.07 Å². The van der Waals surface area contributed by atoms with Gasteiger partial charge in [-0.15, -0.1) is 0 Å². The summed E-state index contributed by atoms with van der Waals surface area (Å²) in [7, 11) is 4.24. The van der Waals surface area contributed by atoms with Gasteiger partial charge in [0, 0.05) is 24.1 Å². The van der Waals surface area contributed by atoms with Crippen LogP contribution >= 0.6 is 21.6 Å². The van der Waals surface area contributed by atoms with Gasteiger partial charge in [-0.2, -0.15) is 0 Å². The molecule has 2 aromatic carbocycles. The summed E-state index contributed by atoms with van der Waals surface area (Å²) >= 11 is 0. The van der Waals surface area contributed by atoms with E-state index >= 15 is 0 Å². The lowest BCUT2D eigenvalue weighted by molar-refractivity contribution is -0.0808. The summed E-state index contributed by atoms with van der Waals surface area (Å²) in [6, 6.07) is 15.9. The SMILES string of the molecule is C[C@@H]1CC=C[C@]2(C1)CC1(CCCC1)C[C@@H]1[C@@H]3Cc4cc(O)cc(c4)Cc4ccccc4CN[C@@H](C)CSSC[C@H](C3)C[C@@H]12. The largest absolute Gasteiger partial charge is 0.508 e. The first-order chi connectivity index (χ1) is 20.9. The molecule has 0 radical (unpaired) electrons. The van der Waals surface area contributed by atoms with Gasteiger partial charge in [-0.3, -0.25) is 0 Å². The third-order valence-electron chi connectivity index (χ3n) is 12.2. The van der Waals surface area contributed by atoms with Crippen molar-refractivity contribution in [3.63, 3.8) is 0 Å². The van der Waals surface area contributed by atoms with Gasteiger partial charge in [0.2, 0.25) is 0 Å². The second-order valence-electron chi connectivity index (χ2n) is 15.6. The quantitative estimate of drug-likeness (QED) is 0.228. The predicted molar refractivity (Wildman–Crippen MR) is 186 cm³/mol. The number of benzene rings is 2. The van der Waals surface area contributed by atoms with Crippen LogP contribution < -0.4 is 5.32 Å². The summed E-state index contributed by atoms with van der Waals surface area (Å²) in [6.45, 7) is 5.76. The Morgan fingerprint density at radius 1 is 0.907 bits per heavy atom. The van der Waals surface area contributed by atoms with Crippen molar-refractivity contribution in [3.8, 4) is 5.75 Å². The minimum atomic E-state index is 0.407. The van der Waals surface area contributed by atoms with Crippen molar-refractivity contribution in [2.75, 3.05) is 11.5 Å². The zero-order chi connectivity index (χ0) is 29.4. The predicted octanol–water partition coefficient (Wildman–Crippen LogP) is 9.98. The van der Waals surface area contributed by atoms with Gasteiger partial charge in [-0.25, -0.2) is 0 Å². The van der Waals surface area contributed by atoms with Crippen LogP contribution in [-0.2, 0) is 19.4 Å². The Bertz CT molecular complexity index is 1300. The average molecular weight is 616 g/mol. The molecule has 232 valence electrons. The van der Waals surface area contributed by atoms with Crippen LogP contribution in [-0.4, -0.2) is 22.7 Å². The van der Waals surface area contributed by atoms with Crippen molar-refractivity contribution < 1.29 is 5.11 Å². The van der Waals surface area contributed by atoms with Crippen LogP contribution in [0.2, 0.25) is 0 Å². The number of hydrogen-bond donors (Lipinski definition) is 2. The molecule has 2 N–H and O–H groups in total. The van der Waals surface area contributed by atoms with Crippen LogP contribution in [0.25, 0.3) is 0 Å². The molecule has 4 bridgehead atoms. The molecule has 1 heterocycles. The third kappa shape index (κ3) is 6.63. The van der Waals surface area contributed by atoms with E-state index in [0.717, 1.165) is 48.8 Å². The number of nitrogens with one attached hydrogen (secondary N) is 1. The number of rotatable bonds is 0. The summed E-state index contributed by atoms with van der Waals surface area (Å²) in [4.78, 5) is 0. The first kappa shape index (κ1) is 30.3. The fourth-order valence-electron chi connectivity index (χ4n) is 10.6. The highest BCUT2D eigenvalue weighted by molar-refractivity contribution is 8.76. The number of allylic oxidation sites excluding steroid dienone is 2. The first-order valence-electron chi connectivity index (χ1n) is 17.4. The maximum absolute atomic E-state index is 11.0. The van der Waals surface area contributed by atoms with Gasteiger partial charge in [-0.05, 0) is 146 Å². The molecule has 2 aromatic rings. The van der Waals surface area contributed by atoms with Crippen LogP contribution in [0, 0.1) is 40.4 Å². The maximum atomic E-state index is 11.0. The molecule has 43 heavy (non-hydrogen) atoms. The monoisotopic (exact) mass is 615 g/mol. The molecule has 0 unspecified atom stereocenters.